The highest BCUT2D eigenvalue weighted by atomic mass is 16.5. The van der Waals surface area contributed by atoms with Gasteiger partial charge in [-0.25, -0.2) is 0 Å². The normalized spacial score (nSPS) is 19.2. The van der Waals surface area contributed by atoms with Gasteiger partial charge in [-0.1, -0.05) is 12.1 Å². The average Bonchev–Trinajstić information content (AvgIpc) is 3.17. The number of piperidine rings is 1. The molecule has 0 aliphatic carbocycles. The van der Waals surface area contributed by atoms with E-state index in [-0.39, 0.29) is 11.8 Å². The Kier molecular flexibility index (Phi) is 3.54. The second-order valence-electron chi connectivity index (χ2n) is 4.97. The van der Waals surface area contributed by atoms with Crippen LogP contribution < -0.4 is 0 Å². The summed E-state index contributed by atoms with van der Waals surface area (Å²) in [5.41, 5.74) is 0. The minimum absolute atomic E-state index is 0.0741. The van der Waals surface area contributed by atoms with Crippen molar-refractivity contribution >= 4 is 5.91 Å². The molecule has 2 aromatic rings. The second-order valence-corrected chi connectivity index (χ2v) is 4.97. The molecule has 1 aliphatic rings. The third-order valence-corrected chi connectivity index (χ3v) is 3.59. The predicted molar refractivity (Wildman–Crippen MR) is 70.3 cm³/mol. The summed E-state index contributed by atoms with van der Waals surface area (Å²) in [5.74, 6) is 1.78. The lowest BCUT2D eigenvalue weighted by Gasteiger charge is -2.30. The van der Waals surface area contributed by atoms with E-state index in [0.29, 0.717) is 18.2 Å². The summed E-state index contributed by atoms with van der Waals surface area (Å²) in [7, 11) is 0. The smallest absolute Gasteiger partial charge is 0.289 e. The summed E-state index contributed by atoms with van der Waals surface area (Å²) in [5, 5.41) is 3.92. The highest BCUT2D eigenvalue weighted by Gasteiger charge is 2.29. The van der Waals surface area contributed by atoms with Crippen LogP contribution in [0, 0.1) is 0 Å². The van der Waals surface area contributed by atoms with E-state index in [1.807, 2.05) is 6.92 Å². The number of aromatic nitrogens is 2. The number of aryl methyl sites for hydroxylation is 1. The molecular formula is C14H17N3O3. The Bertz CT molecular complexity index is 576. The van der Waals surface area contributed by atoms with Crippen molar-refractivity contribution in [3.05, 3.63) is 35.9 Å². The first-order valence-electron chi connectivity index (χ1n) is 6.93. The Morgan fingerprint density at radius 2 is 2.45 bits per heavy atom. The maximum atomic E-state index is 12.3. The molecule has 20 heavy (non-hydrogen) atoms. The fourth-order valence-electron chi connectivity index (χ4n) is 2.50. The van der Waals surface area contributed by atoms with Crippen LogP contribution >= 0.6 is 0 Å². The Morgan fingerprint density at radius 1 is 1.55 bits per heavy atom. The molecule has 3 rings (SSSR count). The standard InChI is InChI=1S/C14H17N3O3/c1-2-12-15-13(20-16-12)10-5-3-7-17(9-10)14(18)11-6-4-8-19-11/h4,6,8,10H,2-3,5,7,9H2,1H3. The van der Waals surface area contributed by atoms with Gasteiger partial charge in [0.1, 0.15) is 0 Å². The average molecular weight is 275 g/mol. The van der Waals surface area contributed by atoms with Crippen molar-refractivity contribution in [3.8, 4) is 0 Å². The van der Waals surface area contributed by atoms with Gasteiger partial charge >= 0.3 is 0 Å². The molecule has 0 radical (unpaired) electrons. The van der Waals surface area contributed by atoms with Crippen molar-refractivity contribution in [2.75, 3.05) is 13.1 Å². The number of rotatable bonds is 3. The number of likely N-dealkylation sites (tertiary alicyclic amines) is 1. The molecule has 0 bridgehead atoms. The molecule has 0 spiro atoms. The molecule has 0 N–H and O–H groups in total. The van der Waals surface area contributed by atoms with Gasteiger partial charge in [-0.3, -0.25) is 4.79 Å². The van der Waals surface area contributed by atoms with E-state index in [1.165, 1.54) is 6.26 Å². The lowest BCUT2D eigenvalue weighted by Crippen LogP contribution is -2.39. The van der Waals surface area contributed by atoms with Crippen LogP contribution in [0.4, 0.5) is 0 Å². The van der Waals surface area contributed by atoms with Gasteiger partial charge in [0.25, 0.3) is 5.91 Å². The largest absolute Gasteiger partial charge is 0.459 e. The maximum Gasteiger partial charge on any atom is 0.289 e. The first kappa shape index (κ1) is 12.9. The topological polar surface area (TPSA) is 72.4 Å². The van der Waals surface area contributed by atoms with Crippen LogP contribution in [0.2, 0.25) is 0 Å². The molecule has 1 aliphatic heterocycles. The predicted octanol–water partition coefficient (Wildman–Crippen LogP) is 2.24. The molecule has 1 atom stereocenters. The van der Waals surface area contributed by atoms with E-state index in [9.17, 15) is 4.79 Å². The van der Waals surface area contributed by atoms with E-state index in [0.717, 1.165) is 31.6 Å². The maximum absolute atomic E-state index is 12.3. The van der Waals surface area contributed by atoms with Crippen LogP contribution in [-0.2, 0) is 6.42 Å². The van der Waals surface area contributed by atoms with Crippen molar-refractivity contribution in [1.82, 2.24) is 15.0 Å². The highest BCUT2D eigenvalue weighted by molar-refractivity contribution is 5.91. The van der Waals surface area contributed by atoms with E-state index in [2.05, 4.69) is 10.1 Å². The zero-order valence-electron chi connectivity index (χ0n) is 11.4. The van der Waals surface area contributed by atoms with Crippen molar-refractivity contribution in [2.24, 2.45) is 0 Å². The number of amides is 1. The summed E-state index contributed by atoms with van der Waals surface area (Å²) >= 11 is 0. The molecule has 0 aromatic carbocycles. The minimum atomic E-state index is -0.0741. The van der Waals surface area contributed by atoms with Crippen molar-refractivity contribution in [3.63, 3.8) is 0 Å². The van der Waals surface area contributed by atoms with E-state index >= 15 is 0 Å². The zero-order chi connectivity index (χ0) is 13.9. The molecule has 106 valence electrons. The highest BCUT2D eigenvalue weighted by Crippen LogP contribution is 2.26. The van der Waals surface area contributed by atoms with Crippen LogP contribution in [0.25, 0.3) is 0 Å². The molecule has 1 amide bonds. The molecule has 2 aromatic heterocycles. The van der Waals surface area contributed by atoms with Crippen LogP contribution in [0.1, 0.15) is 48.0 Å². The van der Waals surface area contributed by atoms with Gasteiger partial charge in [-0.05, 0) is 25.0 Å². The van der Waals surface area contributed by atoms with E-state index in [4.69, 9.17) is 8.94 Å². The number of carbonyl (C=O) groups is 1. The van der Waals surface area contributed by atoms with Gasteiger partial charge in [0, 0.05) is 19.5 Å². The molecule has 1 fully saturated rings. The van der Waals surface area contributed by atoms with Crippen molar-refractivity contribution in [1.29, 1.82) is 0 Å². The lowest BCUT2D eigenvalue weighted by atomic mass is 9.98. The molecule has 1 saturated heterocycles. The summed E-state index contributed by atoms with van der Waals surface area (Å²) in [6.45, 7) is 3.33. The zero-order valence-corrected chi connectivity index (χ0v) is 11.4. The number of hydrogen-bond acceptors (Lipinski definition) is 5. The van der Waals surface area contributed by atoms with E-state index in [1.54, 1.807) is 17.0 Å². The molecule has 3 heterocycles. The third kappa shape index (κ3) is 2.45. The number of hydrogen-bond donors (Lipinski definition) is 0. The number of nitrogens with zero attached hydrogens (tertiary/aromatic N) is 3. The molecule has 6 nitrogen and oxygen atoms in total. The van der Waals surface area contributed by atoms with Gasteiger partial charge < -0.3 is 13.8 Å². The first-order chi connectivity index (χ1) is 9.78. The van der Waals surface area contributed by atoms with E-state index < -0.39 is 0 Å². The monoisotopic (exact) mass is 275 g/mol. The van der Waals surface area contributed by atoms with Crippen LogP contribution in [0.15, 0.2) is 27.3 Å². The second kappa shape index (κ2) is 5.48. The fraction of sp³-hybridized carbons (Fsp3) is 0.500. The quantitative estimate of drug-likeness (QED) is 0.859. The van der Waals surface area contributed by atoms with Crippen molar-refractivity contribution in [2.45, 2.75) is 32.1 Å². The fourth-order valence-corrected chi connectivity index (χ4v) is 2.50. The Hall–Kier alpha value is -2.11. The molecule has 1 unspecified atom stereocenters. The summed E-state index contributed by atoms with van der Waals surface area (Å²) < 4.78 is 10.5. The van der Waals surface area contributed by atoms with Gasteiger partial charge in [0.2, 0.25) is 5.89 Å². The summed E-state index contributed by atoms with van der Waals surface area (Å²) in [6, 6.07) is 3.41. The summed E-state index contributed by atoms with van der Waals surface area (Å²) in [6.07, 6.45) is 4.17. The molecule has 0 saturated carbocycles. The van der Waals surface area contributed by atoms with Crippen LogP contribution in [0.5, 0.6) is 0 Å². The van der Waals surface area contributed by atoms with Crippen LogP contribution in [-0.4, -0.2) is 34.0 Å². The minimum Gasteiger partial charge on any atom is -0.459 e. The lowest BCUT2D eigenvalue weighted by molar-refractivity contribution is 0.0663. The third-order valence-electron chi connectivity index (χ3n) is 3.59. The Balaban J connectivity index is 1.71. The Labute approximate surface area is 116 Å². The molecular weight excluding hydrogens is 258 g/mol. The Morgan fingerprint density at radius 3 is 3.15 bits per heavy atom. The van der Waals surface area contributed by atoms with Gasteiger partial charge in [-0.15, -0.1) is 0 Å². The van der Waals surface area contributed by atoms with Gasteiger partial charge in [-0.2, -0.15) is 4.98 Å². The number of furan rings is 1. The summed E-state index contributed by atoms with van der Waals surface area (Å²) in [4.78, 5) is 18.4. The van der Waals surface area contributed by atoms with Crippen LogP contribution in [0.3, 0.4) is 0 Å². The first-order valence-corrected chi connectivity index (χ1v) is 6.93. The van der Waals surface area contributed by atoms with Crippen molar-refractivity contribution < 1.29 is 13.7 Å². The molecule has 6 heteroatoms. The van der Waals surface area contributed by atoms with Gasteiger partial charge in [0.05, 0.1) is 12.2 Å². The van der Waals surface area contributed by atoms with Gasteiger partial charge in [0.15, 0.2) is 11.6 Å². The number of carbonyl (C=O) groups excluding carboxylic acids is 1. The SMILES string of the molecule is CCc1noc(C2CCCN(C(=O)c3ccco3)C2)n1.